The predicted molar refractivity (Wildman–Crippen MR) is 176 cm³/mol. The van der Waals surface area contributed by atoms with Crippen LogP contribution in [-0.2, 0) is 37.1 Å². The Morgan fingerprint density at radius 2 is 0.226 bits per heavy atom. The molecule has 0 aliphatic rings. The van der Waals surface area contributed by atoms with Crippen LogP contribution in [0.3, 0.4) is 0 Å². The molecule has 0 aliphatic heterocycles. The Kier molecular flexibility index (Phi) is 25.0. The molecule has 0 aromatic heterocycles. The number of rotatable bonds is 10. The van der Waals surface area contributed by atoms with Crippen molar-refractivity contribution in [2.75, 3.05) is 0 Å². The molecule has 5 aromatic rings. The third-order valence-electron chi connectivity index (χ3n) is 6.78. The molecule has 0 N–H and O–H groups in total. The average molecular weight is 922 g/mol. The van der Waals surface area contributed by atoms with Gasteiger partial charge in [0, 0.05) is 37.1 Å². The van der Waals surface area contributed by atoms with E-state index in [0.717, 1.165) is 121 Å². The van der Waals surface area contributed by atoms with Crippen LogP contribution in [0.25, 0.3) is 0 Å². The molecule has 0 fully saturated rings. The first kappa shape index (κ1) is 56.1. The van der Waals surface area contributed by atoms with Crippen LogP contribution >= 0.6 is 0 Å². The number of benzene rings is 5. The SMILES string of the molecule is O=C([O-])c1ccc(C(=O)[O-])cc1.O=C([O-])c1ccc(C(=O)[O-])cc1.O=C([O-])c1ccc(C(=O)[O-])cc1.O=C([O-])c1ccc(C(=O)[O-])cc1.O=C([O-])c1ccc(C(=O)[O-])cc1.[V].[V]. The van der Waals surface area contributed by atoms with Crippen LogP contribution in [0, 0.1) is 0 Å². The van der Waals surface area contributed by atoms with Crippen molar-refractivity contribution in [1.82, 2.24) is 0 Å². The first-order valence-electron chi connectivity index (χ1n) is 15.7. The van der Waals surface area contributed by atoms with E-state index in [1.807, 2.05) is 0 Å². The maximum absolute atomic E-state index is 10.2. The molecular weight excluding hydrogens is 902 g/mol. The summed E-state index contributed by atoms with van der Waals surface area (Å²) in [5.41, 5.74) is -0.556. The number of hydrogen-bond donors (Lipinski definition) is 0. The normalized spacial score (nSPS) is 9.03. The molecule has 0 saturated carbocycles. The molecule has 0 atom stereocenters. The molecule has 0 spiro atoms. The minimum atomic E-state index is -1.33. The predicted octanol–water partition coefficient (Wildman–Crippen LogP) is -7.94. The monoisotopic (exact) mass is 922 g/mol. The van der Waals surface area contributed by atoms with E-state index in [2.05, 4.69) is 0 Å². The number of carboxylic acid groups (broad SMARTS) is 10. The third-order valence-corrected chi connectivity index (χ3v) is 6.78. The molecule has 0 bridgehead atoms. The number of carboxylic acids is 10. The zero-order valence-electron chi connectivity index (χ0n) is 30.6. The number of carbonyl (C=O) groups excluding carboxylic acids is 10. The van der Waals surface area contributed by atoms with Gasteiger partial charge in [-0.2, -0.15) is 0 Å². The van der Waals surface area contributed by atoms with Crippen LogP contribution in [0.4, 0.5) is 0 Å². The van der Waals surface area contributed by atoms with Gasteiger partial charge >= 0.3 is 0 Å². The van der Waals surface area contributed by atoms with Crippen molar-refractivity contribution in [1.29, 1.82) is 0 Å². The summed E-state index contributed by atoms with van der Waals surface area (Å²) in [5, 5.41) is 102. The van der Waals surface area contributed by atoms with Crippen molar-refractivity contribution in [3.05, 3.63) is 177 Å². The van der Waals surface area contributed by atoms with Gasteiger partial charge in [0.2, 0.25) is 0 Å². The van der Waals surface area contributed by atoms with E-state index in [1.54, 1.807) is 0 Å². The van der Waals surface area contributed by atoms with Crippen molar-refractivity contribution in [3.8, 4) is 0 Å². The molecule has 2 radical (unpaired) electrons. The largest absolute Gasteiger partial charge is 0.545 e. The van der Waals surface area contributed by atoms with Crippen molar-refractivity contribution >= 4 is 59.7 Å². The molecule has 20 nitrogen and oxygen atoms in total. The smallest absolute Gasteiger partial charge is 0.0715 e. The minimum absolute atomic E-state index is 0. The first-order chi connectivity index (χ1) is 28.0. The van der Waals surface area contributed by atoms with E-state index in [4.69, 9.17) is 0 Å². The van der Waals surface area contributed by atoms with Crippen LogP contribution < -0.4 is 51.1 Å². The summed E-state index contributed by atoms with van der Waals surface area (Å²) in [6.45, 7) is 0. The maximum Gasteiger partial charge on any atom is 0.0715 e. The molecule has 5 aromatic carbocycles. The zero-order valence-corrected chi connectivity index (χ0v) is 33.4. The van der Waals surface area contributed by atoms with E-state index in [9.17, 15) is 99.0 Å². The van der Waals surface area contributed by atoms with Crippen LogP contribution in [0.5, 0.6) is 0 Å². The quantitative estimate of drug-likeness (QED) is 0.125. The van der Waals surface area contributed by atoms with Crippen LogP contribution in [0.15, 0.2) is 121 Å². The summed E-state index contributed by atoms with van der Waals surface area (Å²) in [7, 11) is 0. The van der Waals surface area contributed by atoms with Crippen molar-refractivity contribution in [2.24, 2.45) is 0 Å². The molecule has 0 amide bonds. The fourth-order valence-corrected chi connectivity index (χ4v) is 3.71. The van der Waals surface area contributed by atoms with Gasteiger partial charge < -0.3 is 99.0 Å². The van der Waals surface area contributed by atoms with E-state index in [-0.39, 0.29) is 92.7 Å². The average Bonchev–Trinajstić information content (AvgIpc) is 3.21. The fraction of sp³-hybridized carbons (Fsp3) is 0. The second-order valence-corrected chi connectivity index (χ2v) is 10.8. The van der Waals surface area contributed by atoms with Crippen LogP contribution in [-0.4, -0.2) is 59.7 Å². The van der Waals surface area contributed by atoms with Crippen LogP contribution in [0.2, 0.25) is 0 Å². The number of hydrogen-bond acceptors (Lipinski definition) is 20. The molecule has 0 aliphatic carbocycles. The van der Waals surface area contributed by atoms with Crippen molar-refractivity contribution < 1.29 is 136 Å². The molecule has 22 heteroatoms. The van der Waals surface area contributed by atoms with Crippen LogP contribution in [0.1, 0.15) is 104 Å². The Morgan fingerprint density at radius 1 is 0.177 bits per heavy atom. The van der Waals surface area contributed by atoms with E-state index in [0.29, 0.717) is 0 Å². The molecule has 320 valence electrons. The maximum atomic E-state index is 10.2. The van der Waals surface area contributed by atoms with Gasteiger partial charge in [-0.15, -0.1) is 0 Å². The van der Waals surface area contributed by atoms with E-state index in [1.165, 1.54) is 0 Å². The van der Waals surface area contributed by atoms with Crippen molar-refractivity contribution in [2.45, 2.75) is 0 Å². The molecule has 5 rings (SSSR count). The van der Waals surface area contributed by atoms with E-state index >= 15 is 0 Å². The van der Waals surface area contributed by atoms with Gasteiger partial charge in [0.05, 0.1) is 59.7 Å². The Balaban J connectivity index is 0. The van der Waals surface area contributed by atoms with Gasteiger partial charge in [0.15, 0.2) is 0 Å². The summed E-state index contributed by atoms with van der Waals surface area (Å²) in [6.07, 6.45) is 0. The Hall–Kier alpha value is -8.03. The molecule has 0 heterocycles. The minimum Gasteiger partial charge on any atom is -0.545 e. The second kappa shape index (κ2) is 27.6. The Morgan fingerprint density at radius 3 is 0.258 bits per heavy atom. The molecular formula is C40H20O20V2-10. The summed E-state index contributed by atoms with van der Waals surface area (Å²) < 4.78 is 0. The van der Waals surface area contributed by atoms with Gasteiger partial charge in [-0.25, -0.2) is 0 Å². The molecule has 0 saturated heterocycles. The van der Waals surface area contributed by atoms with Gasteiger partial charge in [0.25, 0.3) is 0 Å². The second-order valence-electron chi connectivity index (χ2n) is 10.8. The number of carbonyl (C=O) groups is 10. The zero-order chi connectivity index (χ0) is 45.7. The Labute approximate surface area is 371 Å². The third kappa shape index (κ3) is 20.1. The number of aromatic carboxylic acids is 10. The summed E-state index contributed by atoms with van der Waals surface area (Å²) in [5.74, 6) is -13.3. The standard InChI is InChI=1S/5C8H6O4.2V/c5*9-7(10)5-1-2-6(4-3-5)8(11)12;;/h5*1-4H,(H,9,10)(H,11,12);;/p-10. The first-order valence-corrected chi connectivity index (χ1v) is 15.7. The Bertz CT molecular complexity index is 1800. The van der Waals surface area contributed by atoms with Gasteiger partial charge in [-0.05, 0) is 55.6 Å². The van der Waals surface area contributed by atoms with Gasteiger partial charge in [-0.1, -0.05) is 121 Å². The van der Waals surface area contributed by atoms with Crippen molar-refractivity contribution in [3.63, 3.8) is 0 Å². The molecule has 0 unspecified atom stereocenters. The molecule has 62 heavy (non-hydrogen) atoms. The van der Waals surface area contributed by atoms with Gasteiger partial charge in [0.1, 0.15) is 0 Å². The topological polar surface area (TPSA) is 401 Å². The summed E-state index contributed by atoms with van der Waals surface area (Å²) in [6, 6.07) is 23.1. The summed E-state index contributed by atoms with van der Waals surface area (Å²) >= 11 is 0. The van der Waals surface area contributed by atoms with E-state index < -0.39 is 59.7 Å². The summed E-state index contributed by atoms with van der Waals surface area (Å²) in [4.78, 5) is 102. The fourth-order valence-electron chi connectivity index (χ4n) is 3.71. The van der Waals surface area contributed by atoms with Gasteiger partial charge in [-0.3, -0.25) is 0 Å².